The van der Waals surface area contributed by atoms with Crippen molar-refractivity contribution in [2.75, 3.05) is 26.3 Å². The molecule has 6 heteroatoms. The topological polar surface area (TPSA) is 64.6 Å². The van der Waals surface area contributed by atoms with Gasteiger partial charge in [-0.1, -0.05) is 34.4 Å². The highest BCUT2D eigenvalue weighted by atomic mass is 79.9. The molecular weight excluding hydrogens is 446 g/mol. The Morgan fingerprint density at radius 2 is 1.03 bits per heavy atom. The highest BCUT2D eigenvalue weighted by Crippen LogP contribution is 2.07. The smallest absolute Gasteiger partial charge is 0.320 e. The maximum atomic E-state index is 11.7. The quantitative estimate of drug-likeness (QED) is 0.255. The van der Waals surface area contributed by atoms with Gasteiger partial charge in [-0.2, -0.15) is 0 Å². The molecule has 5 nitrogen and oxygen atoms in total. The Kier molecular flexibility index (Phi) is 19.7. The van der Waals surface area contributed by atoms with E-state index in [1.807, 2.05) is 26.0 Å². The summed E-state index contributed by atoms with van der Waals surface area (Å²) >= 11 is 0. The number of hydrogen-bond donors (Lipinski definition) is 1. The van der Waals surface area contributed by atoms with Crippen molar-refractivity contribution < 1.29 is 19.1 Å². The van der Waals surface area contributed by atoms with Gasteiger partial charge in [-0.05, 0) is 79.4 Å². The van der Waals surface area contributed by atoms with E-state index in [2.05, 4.69) is 45.2 Å². The van der Waals surface area contributed by atoms with Gasteiger partial charge in [0.25, 0.3) is 0 Å². The Balaban J connectivity index is 0. The molecule has 0 rings (SSSR count). The maximum Gasteiger partial charge on any atom is 0.320 e. The van der Waals surface area contributed by atoms with Gasteiger partial charge in [0.2, 0.25) is 0 Å². The van der Waals surface area contributed by atoms with Crippen LogP contribution in [0.15, 0.2) is 46.6 Å². The van der Waals surface area contributed by atoms with Crippen LogP contribution in [0.3, 0.4) is 0 Å². The van der Waals surface area contributed by atoms with Crippen molar-refractivity contribution in [3.8, 4) is 0 Å². The number of ether oxygens (including phenoxy) is 2. The number of allylic oxidation sites excluding steroid dienone is 6. The number of nitrogens with one attached hydrogen (secondary N) is 1. The van der Waals surface area contributed by atoms with Crippen LogP contribution in [0.2, 0.25) is 0 Å². The summed E-state index contributed by atoms with van der Waals surface area (Å²) in [7, 11) is 0. The van der Waals surface area contributed by atoms with Crippen molar-refractivity contribution in [1.82, 2.24) is 5.32 Å². The number of carbonyl (C=O) groups is 2. The molecule has 30 heavy (non-hydrogen) atoms. The first-order valence-electron chi connectivity index (χ1n) is 10.3. The van der Waals surface area contributed by atoms with Gasteiger partial charge in [0.05, 0.1) is 13.1 Å². The SMILES string of the molecule is Br.CC(C)=CCC/C(C)=C/COC(=O)CNCC(=O)OC/C=C(\C)CCC=C(C)C. The molecule has 0 aromatic heterocycles. The minimum Gasteiger partial charge on any atom is -0.460 e. The van der Waals surface area contributed by atoms with Crippen molar-refractivity contribution in [3.63, 3.8) is 0 Å². The molecule has 0 aliphatic rings. The van der Waals surface area contributed by atoms with Crippen molar-refractivity contribution in [2.45, 2.75) is 67.2 Å². The van der Waals surface area contributed by atoms with Gasteiger partial charge in [-0.3, -0.25) is 14.9 Å². The van der Waals surface area contributed by atoms with Gasteiger partial charge in [0.15, 0.2) is 0 Å². The Morgan fingerprint density at radius 1 is 0.667 bits per heavy atom. The summed E-state index contributed by atoms with van der Waals surface area (Å²) < 4.78 is 10.3. The predicted molar refractivity (Wildman–Crippen MR) is 130 cm³/mol. The highest BCUT2D eigenvalue weighted by Gasteiger charge is 2.05. The molecule has 0 spiro atoms. The van der Waals surface area contributed by atoms with Gasteiger partial charge in [0.1, 0.15) is 13.2 Å². The molecule has 0 aliphatic carbocycles. The normalized spacial score (nSPS) is 11.3. The van der Waals surface area contributed by atoms with Gasteiger partial charge in [-0.25, -0.2) is 0 Å². The fraction of sp³-hybridized carbons (Fsp3) is 0.583. The molecule has 0 fully saturated rings. The standard InChI is InChI=1S/C24H39NO4.BrH/c1-19(2)9-7-11-21(5)13-15-28-23(26)17-25-18-24(27)29-16-14-22(6)12-8-10-20(3)4;/h9-10,13-14,25H,7-8,11-12,15-18H2,1-6H3;1H/b21-13+,22-14+;. The van der Waals surface area contributed by atoms with Crippen LogP contribution >= 0.6 is 17.0 Å². The van der Waals surface area contributed by atoms with Gasteiger partial charge in [-0.15, -0.1) is 17.0 Å². The average molecular weight is 486 g/mol. The van der Waals surface area contributed by atoms with E-state index in [0.717, 1.165) is 25.7 Å². The lowest BCUT2D eigenvalue weighted by Crippen LogP contribution is -2.30. The lowest BCUT2D eigenvalue weighted by Gasteiger charge is -2.06. The zero-order valence-electron chi connectivity index (χ0n) is 19.5. The van der Waals surface area contributed by atoms with Crippen LogP contribution in [0.4, 0.5) is 0 Å². The number of esters is 2. The summed E-state index contributed by atoms with van der Waals surface area (Å²) in [5.41, 5.74) is 4.99. The van der Waals surface area contributed by atoms with Crippen LogP contribution in [0.1, 0.15) is 67.2 Å². The van der Waals surface area contributed by atoms with Crippen LogP contribution in [0.25, 0.3) is 0 Å². The lowest BCUT2D eigenvalue weighted by atomic mass is 10.1. The third-order valence-corrected chi connectivity index (χ3v) is 4.07. The zero-order chi connectivity index (χ0) is 22.1. The third-order valence-electron chi connectivity index (χ3n) is 4.07. The number of carbonyl (C=O) groups excluding carboxylic acids is 2. The Morgan fingerprint density at radius 3 is 1.37 bits per heavy atom. The fourth-order valence-corrected chi connectivity index (χ4v) is 2.30. The molecule has 172 valence electrons. The largest absolute Gasteiger partial charge is 0.460 e. The molecule has 0 radical (unpaired) electrons. The van der Waals surface area contributed by atoms with E-state index < -0.39 is 0 Å². The first kappa shape index (κ1) is 30.5. The molecule has 0 aromatic rings. The molecule has 0 bridgehead atoms. The molecule has 1 N–H and O–H groups in total. The van der Waals surface area contributed by atoms with Crippen LogP contribution in [-0.4, -0.2) is 38.2 Å². The average Bonchev–Trinajstić information content (AvgIpc) is 2.61. The molecule has 0 aromatic carbocycles. The Bertz CT molecular complexity index is 571. The summed E-state index contributed by atoms with van der Waals surface area (Å²) in [6, 6.07) is 0. The van der Waals surface area contributed by atoms with E-state index in [0.29, 0.717) is 0 Å². The second-order valence-corrected chi connectivity index (χ2v) is 7.71. The molecular formula is C24H40BrNO4. The van der Waals surface area contributed by atoms with E-state index in [9.17, 15) is 9.59 Å². The van der Waals surface area contributed by atoms with E-state index in [1.54, 1.807) is 0 Å². The van der Waals surface area contributed by atoms with E-state index in [1.165, 1.54) is 22.3 Å². The van der Waals surface area contributed by atoms with Gasteiger partial charge >= 0.3 is 11.9 Å². The van der Waals surface area contributed by atoms with Crippen molar-refractivity contribution >= 4 is 28.9 Å². The highest BCUT2D eigenvalue weighted by molar-refractivity contribution is 8.93. The van der Waals surface area contributed by atoms with Crippen molar-refractivity contribution in [2.24, 2.45) is 0 Å². The van der Waals surface area contributed by atoms with Crippen LogP contribution in [-0.2, 0) is 19.1 Å². The predicted octanol–water partition coefficient (Wildman–Crippen LogP) is 5.63. The van der Waals surface area contributed by atoms with Crippen LogP contribution < -0.4 is 5.32 Å². The van der Waals surface area contributed by atoms with Crippen LogP contribution in [0, 0.1) is 0 Å². The van der Waals surface area contributed by atoms with E-state index in [4.69, 9.17) is 9.47 Å². The summed E-state index contributed by atoms with van der Waals surface area (Å²) in [5, 5.41) is 2.75. The van der Waals surface area contributed by atoms with Crippen molar-refractivity contribution in [1.29, 1.82) is 0 Å². The first-order chi connectivity index (χ1) is 13.7. The van der Waals surface area contributed by atoms with E-state index in [-0.39, 0.29) is 55.2 Å². The van der Waals surface area contributed by atoms with Gasteiger partial charge < -0.3 is 9.47 Å². The number of halogens is 1. The molecule has 0 saturated heterocycles. The second-order valence-electron chi connectivity index (χ2n) is 7.71. The zero-order valence-corrected chi connectivity index (χ0v) is 21.2. The van der Waals surface area contributed by atoms with Crippen molar-refractivity contribution in [3.05, 3.63) is 46.6 Å². The molecule has 0 unspecified atom stereocenters. The monoisotopic (exact) mass is 485 g/mol. The Hall–Kier alpha value is -1.66. The molecule has 0 aliphatic heterocycles. The summed E-state index contributed by atoms with van der Waals surface area (Å²) in [6.45, 7) is 12.8. The summed E-state index contributed by atoms with van der Waals surface area (Å²) in [5.74, 6) is -0.776. The number of rotatable bonds is 14. The summed E-state index contributed by atoms with van der Waals surface area (Å²) in [6.07, 6.45) is 12.1. The molecule has 0 heterocycles. The first-order valence-corrected chi connectivity index (χ1v) is 10.3. The third kappa shape index (κ3) is 21.1. The van der Waals surface area contributed by atoms with E-state index >= 15 is 0 Å². The maximum absolute atomic E-state index is 11.7. The molecule has 0 atom stereocenters. The summed E-state index contributed by atoms with van der Waals surface area (Å²) in [4.78, 5) is 23.3. The second kappa shape index (κ2) is 19.3. The molecule has 0 saturated carbocycles. The van der Waals surface area contributed by atoms with Crippen LogP contribution in [0.5, 0.6) is 0 Å². The minimum atomic E-state index is -0.388. The lowest BCUT2D eigenvalue weighted by molar-refractivity contribution is -0.142. The molecule has 0 amide bonds. The number of hydrogen-bond acceptors (Lipinski definition) is 5. The fourth-order valence-electron chi connectivity index (χ4n) is 2.30. The minimum absolute atomic E-state index is 0. The van der Waals surface area contributed by atoms with Gasteiger partial charge in [0, 0.05) is 0 Å². The Labute approximate surface area is 193 Å².